The minimum absolute atomic E-state index is 0.167. The van der Waals surface area contributed by atoms with Crippen LogP contribution in [0.3, 0.4) is 0 Å². The van der Waals surface area contributed by atoms with Crippen molar-refractivity contribution in [3.63, 3.8) is 0 Å². The summed E-state index contributed by atoms with van der Waals surface area (Å²) in [6.07, 6.45) is 1.81. The highest BCUT2D eigenvalue weighted by Gasteiger charge is 2.36. The van der Waals surface area contributed by atoms with Crippen molar-refractivity contribution in [3.05, 3.63) is 0 Å². The molecule has 4 nitrogen and oxygen atoms in total. The van der Waals surface area contributed by atoms with Gasteiger partial charge in [0.2, 0.25) is 0 Å². The third-order valence-electron chi connectivity index (χ3n) is 2.63. The van der Waals surface area contributed by atoms with Crippen molar-refractivity contribution < 1.29 is 14.6 Å². The van der Waals surface area contributed by atoms with Crippen LogP contribution in [0.4, 0.5) is 0 Å². The fourth-order valence-electron chi connectivity index (χ4n) is 2.15. The Labute approximate surface area is 104 Å². The van der Waals surface area contributed by atoms with E-state index in [1.807, 2.05) is 25.7 Å². The summed E-state index contributed by atoms with van der Waals surface area (Å²) in [6.45, 7) is 10.5. The van der Waals surface area contributed by atoms with Gasteiger partial charge in [0.25, 0.3) is 0 Å². The molecular weight excluding hydrogens is 218 g/mol. The number of hydrogen-bond donors (Lipinski definition) is 1. The number of carbonyl (C=O) groups excluding carboxylic acids is 1. The first-order valence-electron chi connectivity index (χ1n) is 6.28. The Hall–Kier alpha value is -0.610. The molecule has 0 bridgehead atoms. The van der Waals surface area contributed by atoms with Crippen LogP contribution in [0.25, 0.3) is 0 Å². The molecule has 17 heavy (non-hydrogen) atoms. The maximum Gasteiger partial charge on any atom is 0.323 e. The van der Waals surface area contributed by atoms with Crippen LogP contribution in [0.2, 0.25) is 0 Å². The minimum atomic E-state index is -0.773. The van der Waals surface area contributed by atoms with Crippen LogP contribution in [0, 0.1) is 0 Å². The van der Waals surface area contributed by atoms with Crippen molar-refractivity contribution >= 4 is 5.97 Å². The molecule has 0 spiro atoms. The maximum absolute atomic E-state index is 12.0. The molecule has 0 aromatic heterocycles. The molecule has 1 rings (SSSR count). The molecule has 100 valence electrons. The summed E-state index contributed by atoms with van der Waals surface area (Å²) in [5, 5.41) is 9.82. The normalized spacial score (nSPS) is 22.8. The van der Waals surface area contributed by atoms with Crippen LogP contribution in [0.15, 0.2) is 0 Å². The molecule has 1 aliphatic rings. The van der Waals surface area contributed by atoms with Gasteiger partial charge in [-0.15, -0.1) is 0 Å². The third-order valence-corrected chi connectivity index (χ3v) is 2.63. The van der Waals surface area contributed by atoms with E-state index in [2.05, 4.69) is 0 Å². The Bertz CT molecular complexity index is 275. The van der Waals surface area contributed by atoms with E-state index in [0.717, 1.165) is 19.4 Å². The van der Waals surface area contributed by atoms with Crippen molar-refractivity contribution in [1.29, 1.82) is 0 Å². The zero-order chi connectivity index (χ0) is 13.3. The lowest BCUT2D eigenvalue weighted by Crippen LogP contribution is -2.46. The summed E-state index contributed by atoms with van der Waals surface area (Å²) >= 11 is 0. The molecular formula is C13H25NO3. The molecule has 1 aliphatic heterocycles. The zero-order valence-electron chi connectivity index (χ0n) is 11.6. The second kappa shape index (κ2) is 4.94. The fourth-order valence-corrected chi connectivity index (χ4v) is 2.15. The smallest absolute Gasteiger partial charge is 0.323 e. The molecule has 4 heteroatoms. The number of hydrogen-bond acceptors (Lipinski definition) is 4. The summed E-state index contributed by atoms with van der Waals surface area (Å²) in [5.41, 5.74) is -1.22. The van der Waals surface area contributed by atoms with Gasteiger partial charge in [0.15, 0.2) is 0 Å². The molecule has 0 unspecified atom stereocenters. The van der Waals surface area contributed by atoms with Gasteiger partial charge in [-0.1, -0.05) is 0 Å². The molecule has 1 fully saturated rings. The molecule has 1 atom stereocenters. The van der Waals surface area contributed by atoms with E-state index in [1.54, 1.807) is 13.8 Å². The summed E-state index contributed by atoms with van der Waals surface area (Å²) in [4.78, 5) is 14.0. The first-order chi connectivity index (χ1) is 7.58. The van der Waals surface area contributed by atoms with Crippen LogP contribution in [-0.2, 0) is 9.53 Å². The summed E-state index contributed by atoms with van der Waals surface area (Å²) in [5.74, 6) is -0.167. The molecule has 0 aromatic carbocycles. The van der Waals surface area contributed by atoms with E-state index in [9.17, 15) is 9.90 Å². The SMILES string of the molecule is CC(C)(O)CN1CCC[C@@H]1C(=O)OC(C)(C)C. The highest BCUT2D eigenvalue weighted by Crippen LogP contribution is 2.22. The van der Waals surface area contributed by atoms with E-state index in [1.165, 1.54) is 0 Å². The van der Waals surface area contributed by atoms with Crippen molar-refractivity contribution in [2.45, 2.75) is 64.7 Å². The van der Waals surface area contributed by atoms with Crippen LogP contribution in [-0.4, -0.2) is 46.3 Å². The lowest BCUT2D eigenvalue weighted by atomic mass is 10.1. The monoisotopic (exact) mass is 243 g/mol. The first-order valence-corrected chi connectivity index (χ1v) is 6.28. The average Bonchev–Trinajstić information content (AvgIpc) is 2.45. The van der Waals surface area contributed by atoms with Crippen molar-refractivity contribution in [2.24, 2.45) is 0 Å². The number of rotatable bonds is 3. The molecule has 1 saturated heterocycles. The topological polar surface area (TPSA) is 49.8 Å². The van der Waals surface area contributed by atoms with Gasteiger partial charge in [-0.2, -0.15) is 0 Å². The number of esters is 1. The number of carbonyl (C=O) groups is 1. The molecule has 0 saturated carbocycles. The van der Waals surface area contributed by atoms with Gasteiger partial charge >= 0.3 is 5.97 Å². The van der Waals surface area contributed by atoms with Crippen LogP contribution < -0.4 is 0 Å². The summed E-state index contributed by atoms with van der Waals surface area (Å²) in [6, 6.07) is -0.194. The van der Waals surface area contributed by atoms with Gasteiger partial charge in [-0.25, -0.2) is 0 Å². The van der Waals surface area contributed by atoms with Crippen LogP contribution in [0.5, 0.6) is 0 Å². The lowest BCUT2D eigenvalue weighted by molar-refractivity contribution is -0.161. The minimum Gasteiger partial charge on any atom is -0.459 e. The maximum atomic E-state index is 12.0. The summed E-state index contributed by atoms with van der Waals surface area (Å²) < 4.78 is 5.40. The molecule has 1 heterocycles. The van der Waals surface area contributed by atoms with Crippen molar-refractivity contribution in [3.8, 4) is 0 Å². The Morgan fingerprint density at radius 2 is 1.94 bits per heavy atom. The highest BCUT2D eigenvalue weighted by molar-refractivity contribution is 5.76. The van der Waals surface area contributed by atoms with Gasteiger partial charge in [0, 0.05) is 6.54 Å². The Morgan fingerprint density at radius 3 is 2.41 bits per heavy atom. The zero-order valence-corrected chi connectivity index (χ0v) is 11.6. The van der Waals surface area contributed by atoms with E-state index >= 15 is 0 Å². The first kappa shape index (κ1) is 14.5. The predicted octanol–water partition coefficient (Wildman–Crippen LogP) is 1.56. The second-order valence-corrected chi connectivity index (χ2v) is 6.47. The fraction of sp³-hybridized carbons (Fsp3) is 0.923. The number of nitrogens with zero attached hydrogens (tertiary/aromatic N) is 1. The van der Waals surface area contributed by atoms with E-state index in [0.29, 0.717) is 6.54 Å². The molecule has 0 aliphatic carbocycles. The number of ether oxygens (including phenoxy) is 1. The van der Waals surface area contributed by atoms with Crippen LogP contribution >= 0.6 is 0 Å². The van der Waals surface area contributed by atoms with Gasteiger partial charge < -0.3 is 9.84 Å². The Balaban J connectivity index is 2.60. The number of likely N-dealkylation sites (tertiary alicyclic amines) is 1. The second-order valence-electron chi connectivity index (χ2n) is 6.47. The van der Waals surface area contributed by atoms with Gasteiger partial charge in [-0.3, -0.25) is 9.69 Å². The molecule has 0 aromatic rings. The van der Waals surface area contributed by atoms with E-state index in [-0.39, 0.29) is 12.0 Å². The average molecular weight is 243 g/mol. The van der Waals surface area contributed by atoms with Crippen LogP contribution in [0.1, 0.15) is 47.5 Å². The summed E-state index contributed by atoms with van der Waals surface area (Å²) in [7, 11) is 0. The Kier molecular flexibility index (Phi) is 4.20. The number of aliphatic hydroxyl groups is 1. The van der Waals surface area contributed by atoms with Crippen molar-refractivity contribution in [2.75, 3.05) is 13.1 Å². The van der Waals surface area contributed by atoms with E-state index < -0.39 is 11.2 Å². The Morgan fingerprint density at radius 1 is 1.35 bits per heavy atom. The number of β-amino-alcohol motifs (C(OH)–C–C–N with tert-alkyl or cyclic N) is 1. The van der Waals surface area contributed by atoms with Gasteiger partial charge in [-0.05, 0) is 54.0 Å². The molecule has 0 radical (unpaired) electrons. The van der Waals surface area contributed by atoms with Gasteiger partial charge in [0.05, 0.1) is 5.60 Å². The standard InChI is InChI=1S/C13H25NO3/c1-12(2,3)17-11(15)10-7-6-8-14(10)9-13(4,5)16/h10,16H,6-9H2,1-5H3/t10-/m1/s1. The van der Waals surface area contributed by atoms with E-state index in [4.69, 9.17) is 4.74 Å². The largest absolute Gasteiger partial charge is 0.459 e. The molecule has 0 amide bonds. The van der Waals surface area contributed by atoms with Crippen molar-refractivity contribution in [1.82, 2.24) is 4.90 Å². The quantitative estimate of drug-likeness (QED) is 0.764. The highest BCUT2D eigenvalue weighted by atomic mass is 16.6. The van der Waals surface area contributed by atoms with Gasteiger partial charge in [0.1, 0.15) is 11.6 Å². The third kappa shape index (κ3) is 5.04. The predicted molar refractivity (Wildman–Crippen MR) is 66.7 cm³/mol. The molecule has 1 N–H and O–H groups in total. The lowest BCUT2D eigenvalue weighted by Gasteiger charge is -2.31.